The van der Waals surface area contributed by atoms with Gasteiger partial charge < -0.3 is 24.6 Å². The SMILES string of the molecule is CCNC(=NCc1cc(Br)c2c(c1)OCO2)NCc1c(CC)noc1CC.I. The fraction of sp³-hybridized carbons (Fsp3) is 0.474. The van der Waals surface area contributed by atoms with E-state index in [2.05, 4.69) is 50.6 Å². The molecular formula is C19H26BrIN4O3. The number of aliphatic imine (C=N–C) groups is 1. The van der Waals surface area contributed by atoms with E-state index in [0.29, 0.717) is 13.1 Å². The fourth-order valence-electron chi connectivity index (χ4n) is 2.93. The number of halogens is 2. The highest BCUT2D eigenvalue weighted by atomic mass is 127. The molecule has 7 nitrogen and oxygen atoms in total. The van der Waals surface area contributed by atoms with Gasteiger partial charge in [0.1, 0.15) is 5.76 Å². The number of ether oxygens (including phenoxy) is 2. The summed E-state index contributed by atoms with van der Waals surface area (Å²) in [5, 5.41) is 10.8. The van der Waals surface area contributed by atoms with Gasteiger partial charge in [0.2, 0.25) is 6.79 Å². The zero-order valence-corrected chi connectivity index (χ0v) is 20.2. The van der Waals surface area contributed by atoms with Gasteiger partial charge in [-0.3, -0.25) is 0 Å². The largest absolute Gasteiger partial charge is 0.454 e. The molecule has 28 heavy (non-hydrogen) atoms. The highest BCUT2D eigenvalue weighted by Gasteiger charge is 2.18. The van der Waals surface area contributed by atoms with Crippen molar-refractivity contribution in [2.75, 3.05) is 13.3 Å². The van der Waals surface area contributed by atoms with Crippen LogP contribution in [0.15, 0.2) is 26.1 Å². The van der Waals surface area contributed by atoms with E-state index in [-0.39, 0.29) is 30.8 Å². The molecule has 2 heterocycles. The van der Waals surface area contributed by atoms with Gasteiger partial charge in [-0.15, -0.1) is 24.0 Å². The van der Waals surface area contributed by atoms with E-state index in [9.17, 15) is 0 Å². The Kier molecular flexibility index (Phi) is 8.87. The van der Waals surface area contributed by atoms with E-state index in [0.717, 1.165) is 63.9 Å². The highest BCUT2D eigenvalue weighted by Crippen LogP contribution is 2.40. The molecule has 0 radical (unpaired) electrons. The number of nitrogens with zero attached hydrogens (tertiary/aromatic N) is 2. The van der Waals surface area contributed by atoms with E-state index < -0.39 is 0 Å². The van der Waals surface area contributed by atoms with Crippen LogP contribution in [0.2, 0.25) is 0 Å². The molecule has 0 atom stereocenters. The molecule has 0 saturated carbocycles. The third kappa shape index (κ3) is 5.31. The summed E-state index contributed by atoms with van der Waals surface area (Å²) >= 11 is 3.52. The molecule has 1 aliphatic rings. The molecule has 0 spiro atoms. The third-order valence-electron chi connectivity index (χ3n) is 4.29. The predicted molar refractivity (Wildman–Crippen MR) is 123 cm³/mol. The standard InChI is InChI=1S/C19H25BrN4O3.HI/c1-4-15-13(16(5-2)27-24-15)10-23-19(21-6-3)22-9-12-7-14(20)18-17(8-12)25-11-26-18;/h7-8H,4-6,9-11H2,1-3H3,(H2,21,22,23);1H. The van der Waals surface area contributed by atoms with Gasteiger partial charge >= 0.3 is 0 Å². The molecule has 0 bridgehead atoms. The van der Waals surface area contributed by atoms with Crippen LogP contribution >= 0.6 is 39.9 Å². The third-order valence-corrected chi connectivity index (χ3v) is 4.88. The van der Waals surface area contributed by atoms with Crippen LogP contribution < -0.4 is 20.1 Å². The molecule has 0 aliphatic carbocycles. The molecule has 0 fully saturated rings. The maximum absolute atomic E-state index is 5.47. The zero-order chi connectivity index (χ0) is 19.2. The van der Waals surface area contributed by atoms with Crippen LogP contribution in [-0.4, -0.2) is 24.5 Å². The Balaban J connectivity index is 0.00000280. The minimum absolute atomic E-state index is 0. The molecule has 0 saturated heterocycles. The van der Waals surface area contributed by atoms with Gasteiger partial charge in [0, 0.05) is 25.1 Å². The Morgan fingerprint density at radius 2 is 2.00 bits per heavy atom. The topological polar surface area (TPSA) is 80.9 Å². The summed E-state index contributed by atoms with van der Waals surface area (Å²) < 4.78 is 17.2. The molecule has 2 N–H and O–H groups in total. The Bertz CT molecular complexity index is 804. The highest BCUT2D eigenvalue weighted by molar-refractivity contribution is 14.0. The molecule has 0 unspecified atom stereocenters. The lowest BCUT2D eigenvalue weighted by Gasteiger charge is -2.12. The second kappa shape index (κ2) is 10.9. The molecule has 154 valence electrons. The number of nitrogens with one attached hydrogen (secondary N) is 2. The maximum Gasteiger partial charge on any atom is 0.231 e. The minimum Gasteiger partial charge on any atom is -0.454 e. The van der Waals surface area contributed by atoms with Crippen molar-refractivity contribution in [3.05, 3.63) is 39.2 Å². The average Bonchev–Trinajstić information content (AvgIpc) is 3.30. The summed E-state index contributed by atoms with van der Waals surface area (Å²) in [6.07, 6.45) is 1.67. The molecule has 1 aliphatic heterocycles. The van der Waals surface area contributed by atoms with Gasteiger partial charge in [-0.2, -0.15) is 0 Å². The smallest absolute Gasteiger partial charge is 0.231 e. The van der Waals surface area contributed by atoms with Crippen LogP contribution in [0.1, 0.15) is 43.4 Å². The first-order valence-electron chi connectivity index (χ1n) is 9.22. The van der Waals surface area contributed by atoms with Crippen molar-refractivity contribution in [2.24, 2.45) is 4.99 Å². The lowest BCUT2D eigenvalue weighted by Crippen LogP contribution is -2.37. The van der Waals surface area contributed by atoms with E-state index in [4.69, 9.17) is 14.0 Å². The van der Waals surface area contributed by atoms with E-state index in [1.807, 2.05) is 19.1 Å². The predicted octanol–water partition coefficient (Wildman–Crippen LogP) is 4.16. The van der Waals surface area contributed by atoms with Crippen LogP contribution in [0, 0.1) is 0 Å². The normalized spacial score (nSPS) is 12.6. The van der Waals surface area contributed by atoms with Gasteiger partial charge in [-0.1, -0.05) is 19.0 Å². The molecular weight excluding hydrogens is 539 g/mol. The second-order valence-electron chi connectivity index (χ2n) is 6.10. The number of benzene rings is 1. The van der Waals surface area contributed by atoms with Gasteiger partial charge in [0.15, 0.2) is 17.5 Å². The van der Waals surface area contributed by atoms with Gasteiger partial charge in [0.25, 0.3) is 0 Å². The number of rotatable bonds is 7. The average molecular weight is 565 g/mol. The number of guanidine groups is 1. The van der Waals surface area contributed by atoms with Gasteiger partial charge in [-0.25, -0.2) is 4.99 Å². The lowest BCUT2D eigenvalue weighted by atomic mass is 10.1. The summed E-state index contributed by atoms with van der Waals surface area (Å²) in [6, 6.07) is 3.97. The van der Waals surface area contributed by atoms with Crippen molar-refractivity contribution in [1.29, 1.82) is 0 Å². The second-order valence-corrected chi connectivity index (χ2v) is 6.95. The van der Waals surface area contributed by atoms with Crippen LogP contribution in [0.4, 0.5) is 0 Å². The van der Waals surface area contributed by atoms with Crippen LogP contribution in [0.5, 0.6) is 11.5 Å². The van der Waals surface area contributed by atoms with E-state index >= 15 is 0 Å². The number of aromatic nitrogens is 1. The van der Waals surface area contributed by atoms with Crippen molar-refractivity contribution in [1.82, 2.24) is 15.8 Å². The molecule has 0 amide bonds. The first-order chi connectivity index (χ1) is 13.2. The number of aryl methyl sites for hydroxylation is 2. The molecule has 9 heteroatoms. The quantitative estimate of drug-likeness (QED) is 0.298. The maximum atomic E-state index is 5.47. The molecule has 1 aromatic carbocycles. The minimum atomic E-state index is 0. The van der Waals surface area contributed by atoms with E-state index in [1.54, 1.807) is 0 Å². The summed E-state index contributed by atoms with van der Waals surface area (Å²) in [6.45, 7) is 8.38. The summed E-state index contributed by atoms with van der Waals surface area (Å²) in [4.78, 5) is 4.69. The van der Waals surface area contributed by atoms with E-state index in [1.165, 1.54) is 0 Å². The van der Waals surface area contributed by atoms with Gasteiger partial charge in [-0.05, 0) is 47.0 Å². The van der Waals surface area contributed by atoms with Crippen molar-refractivity contribution < 1.29 is 14.0 Å². The Hall–Kier alpha value is -1.49. The summed E-state index contributed by atoms with van der Waals surface area (Å²) in [5.74, 6) is 3.17. The van der Waals surface area contributed by atoms with Crippen LogP contribution in [0.3, 0.4) is 0 Å². The van der Waals surface area contributed by atoms with Crippen LogP contribution in [0.25, 0.3) is 0 Å². The van der Waals surface area contributed by atoms with Gasteiger partial charge in [0.05, 0.1) is 16.7 Å². The summed E-state index contributed by atoms with van der Waals surface area (Å²) in [5.41, 5.74) is 3.16. The zero-order valence-electron chi connectivity index (χ0n) is 16.3. The number of hydrogen-bond donors (Lipinski definition) is 2. The Morgan fingerprint density at radius 1 is 1.18 bits per heavy atom. The monoisotopic (exact) mass is 564 g/mol. The Labute approximate surface area is 190 Å². The van der Waals surface area contributed by atoms with Crippen molar-refractivity contribution in [3.8, 4) is 11.5 Å². The first kappa shape index (κ1) is 22.8. The van der Waals surface area contributed by atoms with Crippen molar-refractivity contribution in [3.63, 3.8) is 0 Å². The molecule has 3 rings (SSSR count). The first-order valence-corrected chi connectivity index (χ1v) is 10.0. The Morgan fingerprint density at radius 3 is 2.71 bits per heavy atom. The van der Waals surface area contributed by atoms with Crippen molar-refractivity contribution >= 4 is 45.9 Å². The lowest BCUT2D eigenvalue weighted by molar-refractivity contribution is 0.173. The number of hydrogen-bond acceptors (Lipinski definition) is 5. The molecule has 1 aromatic heterocycles. The molecule has 2 aromatic rings. The fourth-order valence-corrected chi connectivity index (χ4v) is 3.54. The van der Waals surface area contributed by atoms with Crippen LogP contribution in [-0.2, 0) is 25.9 Å². The number of fused-ring (bicyclic) bond motifs is 1. The van der Waals surface area contributed by atoms with Crippen molar-refractivity contribution in [2.45, 2.75) is 46.7 Å². The summed E-state index contributed by atoms with van der Waals surface area (Å²) in [7, 11) is 0.